The first-order chi connectivity index (χ1) is 13.9. The van der Waals surface area contributed by atoms with Crippen molar-refractivity contribution in [2.75, 3.05) is 5.32 Å². The summed E-state index contributed by atoms with van der Waals surface area (Å²) in [4.78, 5) is 12.9. The Kier molecular flexibility index (Phi) is 4.84. The molecule has 0 radical (unpaired) electrons. The van der Waals surface area contributed by atoms with Gasteiger partial charge < -0.3 is 5.32 Å². The molecule has 0 saturated heterocycles. The van der Waals surface area contributed by atoms with Gasteiger partial charge in [-0.3, -0.25) is 4.79 Å². The van der Waals surface area contributed by atoms with Crippen LogP contribution in [0.3, 0.4) is 0 Å². The number of nitrogens with one attached hydrogen (secondary N) is 1. The van der Waals surface area contributed by atoms with Crippen LogP contribution in [0, 0.1) is 13.8 Å². The van der Waals surface area contributed by atoms with E-state index in [4.69, 9.17) is 0 Å². The highest BCUT2D eigenvalue weighted by atomic mass is 19.3. The summed E-state index contributed by atoms with van der Waals surface area (Å²) in [6.07, 6.45) is -1.40. The maximum Gasteiger partial charge on any atom is 0.280 e. The first-order valence-corrected chi connectivity index (χ1v) is 9.18. The Morgan fingerprint density at radius 3 is 2.41 bits per heavy atom. The van der Waals surface area contributed by atoms with Crippen LogP contribution in [-0.4, -0.2) is 15.5 Å². The molecule has 6 heteroatoms. The van der Waals surface area contributed by atoms with Gasteiger partial charge in [0.15, 0.2) is 0 Å². The van der Waals surface area contributed by atoms with E-state index in [0.29, 0.717) is 16.8 Å². The van der Waals surface area contributed by atoms with Crippen molar-refractivity contribution in [3.63, 3.8) is 0 Å². The van der Waals surface area contributed by atoms with Crippen LogP contribution in [0.15, 0.2) is 66.9 Å². The van der Waals surface area contributed by atoms with Crippen molar-refractivity contribution < 1.29 is 13.6 Å². The van der Waals surface area contributed by atoms with Crippen LogP contribution in [0.4, 0.5) is 14.5 Å². The normalized spacial score (nSPS) is 11.2. The molecule has 0 aliphatic carbocycles. The lowest BCUT2D eigenvalue weighted by atomic mass is 10.0. The quantitative estimate of drug-likeness (QED) is 0.477. The summed E-state index contributed by atoms with van der Waals surface area (Å²) in [6.45, 7) is 3.95. The van der Waals surface area contributed by atoms with Crippen molar-refractivity contribution in [3.8, 4) is 11.1 Å². The Morgan fingerprint density at radius 2 is 1.72 bits per heavy atom. The van der Waals surface area contributed by atoms with Gasteiger partial charge in [-0.1, -0.05) is 36.4 Å². The SMILES string of the molecule is Cc1ccc(NC(=O)c2cnn3c(C(F)F)cc(-c4ccccc4)cc23)cc1C. The highest BCUT2D eigenvalue weighted by Gasteiger charge is 2.20. The maximum atomic E-state index is 13.7. The van der Waals surface area contributed by atoms with E-state index in [9.17, 15) is 13.6 Å². The van der Waals surface area contributed by atoms with Crippen LogP contribution < -0.4 is 5.32 Å². The fraction of sp³-hybridized carbons (Fsp3) is 0.130. The summed E-state index contributed by atoms with van der Waals surface area (Å²) >= 11 is 0. The minimum atomic E-state index is -2.73. The van der Waals surface area contributed by atoms with Gasteiger partial charge in [0.2, 0.25) is 0 Å². The maximum absolute atomic E-state index is 13.7. The summed E-state index contributed by atoms with van der Waals surface area (Å²) in [5, 5.41) is 6.88. The van der Waals surface area contributed by atoms with Gasteiger partial charge in [0.25, 0.3) is 12.3 Å². The molecule has 0 atom stereocenters. The van der Waals surface area contributed by atoms with Crippen LogP contribution in [0.2, 0.25) is 0 Å². The number of carbonyl (C=O) groups is 1. The summed E-state index contributed by atoms with van der Waals surface area (Å²) in [7, 11) is 0. The van der Waals surface area contributed by atoms with Gasteiger partial charge in [0.1, 0.15) is 5.69 Å². The molecule has 0 aliphatic rings. The molecule has 29 heavy (non-hydrogen) atoms. The molecule has 4 aromatic rings. The molecule has 2 aromatic carbocycles. The van der Waals surface area contributed by atoms with Crippen molar-refractivity contribution in [3.05, 3.63) is 89.2 Å². The number of benzene rings is 2. The number of alkyl halides is 2. The van der Waals surface area contributed by atoms with E-state index in [0.717, 1.165) is 21.2 Å². The molecule has 0 aliphatic heterocycles. The fourth-order valence-electron chi connectivity index (χ4n) is 3.26. The first kappa shape index (κ1) is 18.8. The zero-order chi connectivity index (χ0) is 20.5. The van der Waals surface area contributed by atoms with Crippen molar-refractivity contribution >= 4 is 17.1 Å². The van der Waals surface area contributed by atoms with Crippen molar-refractivity contribution in [2.45, 2.75) is 20.3 Å². The number of rotatable bonds is 4. The van der Waals surface area contributed by atoms with Crippen LogP contribution >= 0.6 is 0 Å². The zero-order valence-corrected chi connectivity index (χ0v) is 16.0. The van der Waals surface area contributed by atoms with Gasteiger partial charge in [-0.2, -0.15) is 5.10 Å². The number of anilines is 1. The second-order valence-electron chi connectivity index (χ2n) is 6.94. The van der Waals surface area contributed by atoms with Crippen LogP contribution in [0.1, 0.15) is 33.6 Å². The molecule has 0 unspecified atom stereocenters. The van der Waals surface area contributed by atoms with E-state index in [-0.39, 0.29) is 11.3 Å². The smallest absolute Gasteiger partial charge is 0.280 e. The minimum Gasteiger partial charge on any atom is -0.322 e. The third-order valence-corrected chi connectivity index (χ3v) is 4.99. The second-order valence-corrected chi connectivity index (χ2v) is 6.94. The molecule has 1 N–H and O–H groups in total. The third-order valence-electron chi connectivity index (χ3n) is 4.99. The number of pyridine rings is 1. The van der Waals surface area contributed by atoms with Crippen molar-refractivity contribution in [1.82, 2.24) is 9.61 Å². The molecular formula is C23H19F2N3O. The highest BCUT2D eigenvalue weighted by Crippen LogP contribution is 2.29. The van der Waals surface area contributed by atoms with E-state index in [1.54, 1.807) is 6.07 Å². The van der Waals surface area contributed by atoms with Crippen LogP contribution in [0.5, 0.6) is 0 Å². The lowest BCUT2D eigenvalue weighted by Gasteiger charge is -2.10. The Morgan fingerprint density at radius 1 is 0.966 bits per heavy atom. The average Bonchev–Trinajstić information content (AvgIpc) is 3.14. The van der Waals surface area contributed by atoms with E-state index in [2.05, 4.69) is 10.4 Å². The third kappa shape index (κ3) is 3.61. The standard InChI is InChI=1S/C23H19F2N3O/c1-14-8-9-18(10-15(14)2)27-23(29)19-13-26-28-20(19)11-17(12-21(28)22(24)25)16-6-4-3-5-7-16/h3-13,22H,1-2H3,(H,27,29). The molecular weight excluding hydrogens is 372 g/mol. The summed E-state index contributed by atoms with van der Waals surface area (Å²) < 4.78 is 28.5. The molecule has 0 spiro atoms. The Hall–Kier alpha value is -3.54. The van der Waals surface area contributed by atoms with E-state index in [1.165, 1.54) is 12.3 Å². The predicted molar refractivity (Wildman–Crippen MR) is 109 cm³/mol. The summed E-state index contributed by atoms with van der Waals surface area (Å²) in [5.74, 6) is -0.395. The molecule has 0 fully saturated rings. The lowest BCUT2D eigenvalue weighted by Crippen LogP contribution is -2.12. The molecule has 4 rings (SSSR count). The average molecular weight is 391 g/mol. The largest absolute Gasteiger partial charge is 0.322 e. The topological polar surface area (TPSA) is 46.4 Å². The number of aryl methyl sites for hydroxylation is 2. The summed E-state index contributed by atoms with van der Waals surface area (Å²) in [6, 6.07) is 17.9. The molecule has 4 nitrogen and oxygen atoms in total. The first-order valence-electron chi connectivity index (χ1n) is 9.18. The van der Waals surface area contributed by atoms with Gasteiger partial charge in [-0.25, -0.2) is 13.3 Å². The lowest BCUT2D eigenvalue weighted by molar-refractivity contribution is 0.102. The monoisotopic (exact) mass is 391 g/mol. The molecule has 0 saturated carbocycles. The van der Waals surface area contributed by atoms with Crippen molar-refractivity contribution in [2.24, 2.45) is 0 Å². The summed E-state index contributed by atoms with van der Waals surface area (Å²) in [5.41, 5.74) is 4.53. The van der Waals surface area contributed by atoms with Crippen LogP contribution in [0.25, 0.3) is 16.6 Å². The van der Waals surface area contributed by atoms with Crippen molar-refractivity contribution in [1.29, 1.82) is 0 Å². The number of amides is 1. The van der Waals surface area contributed by atoms with Gasteiger partial charge in [0, 0.05) is 5.69 Å². The number of halogens is 2. The number of carbonyl (C=O) groups excluding carboxylic acids is 1. The van der Waals surface area contributed by atoms with E-state index < -0.39 is 12.3 Å². The fourth-order valence-corrected chi connectivity index (χ4v) is 3.26. The second kappa shape index (κ2) is 7.47. The molecule has 1 amide bonds. The number of hydrogen-bond acceptors (Lipinski definition) is 2. The predicted octanol–water partition coefficient (Wildman–Crippen LogP) is 5.81. The number of nitrogens with zero attached hydrogens (tertiary/aromatic N) is 2. The number of hydrogen-bond donors (Lipinski definition) is 1. The Balaban J connectivity index is 1.79. The molecule has 2 aromatic heterocycles. The molecule has 0 bridgehead atoms. The molecule has 146 valence electrons. The van der Waals surface area contributed by atoms with E-state index in [1.807, 2.05) is 62.4 Å². The van der Waals surface area contributed by atoms with Crippen LogP contribution in [-0.2, 0) is 0 Å². The van der Waals surface area contributed by atoms with Gasteiger partial charge in [0.05, 0.1) is 17.3 Å². The highest BCUT2D eigenvalue weighted by molar-refractivity contribution is 6.09. The number of aromatic nitrogens is 2. The Labute approximate surface area is 166 Å². The minimum absolute atomic E-state index is 0.239. The van der Waals surface area contributed by atoms with Gasteiger partial charge >= 0.3 is 0 Å². The Bertz CT molecular complexity index is 1200. The van der Waals surface area contributed by atoms with Gasteiger partial charge in [-0.05, 0) is 60.4 Å². The number of fused-ring (bicyclic) bond motifs is 1. The molecule has 2 heterocycles. The zero-order valence-electron chi connectivity index (χ0n) is 16.0. The van der Waals surface area contributed by atoms with E-state index >= 15 is 0 Å². The van der Waals surface area contributed by atoms with Gasteiger partial charge in [-0.15, -0.1) is 0 Å².